The Bertz CT molecular complexity index is 513. The van der Waals surface area contributed by atoms with E-state index < -0.39 is 5.60 Å². The first-order valence-electron chi connectivity index (χ1n) is 7.51. The number of carbonyl (C=O) groups is 1. The van der Waals surface area contributed by atoms with Crippen LogP contribution in [0.25, 0.3) is 0 Å². The van der Waals surface area contributed by atoms with Gasteiger partial charge >= 0.3 is 0 Å². The smallest absolute Gasteiger partial charge is 0.168 e. The van der Waals surface area contributed by atoms with E-state index in [-0.39, 0.29) is 11.3 Å². The molecule has 3 rings (SSSR count). The minimum atomic E-state index is -0.623. The van der Waals surface area contributed by atoms with Crippen molar-refractivity contribution in [1.82, 2.24) is 0 Å². The van der Waals surface area contributed by atoms with Gasteiger partial charge in [0, 0.05) is 17.9 Å². The predicted octanol–water partition coefficient (Wildman–Crippen LogP) is 3.66. The zero-order valence-corrected chi connectivity index (χ0v) is 12.1. The van der Waals surface area contributed by atoms with E-state index in [1.54, 1.807) is 0 Å². The Morgan fingerprint density at radius 2 is 2.15 bits per heavy atom. The quantitative estimate of drug-likeness (QED) is 0.784. The normalized spacial score (nSPS) is 36.6. The first kappa shape index (κ1) is 13.6. The minimum absolute atomic E-state index is 0.0632. The maximum atomic E-state index is 12.8. The largest absolute Gasteiger partial charge is 0.366 e. The number of Topliss-reactive ketones (excluding diaryl/α,β-unsaturated/α-hetero) is 1. The molecule has 0 bridgehead atoms. The van der Waals surface area contributed by atoms with Gasteiger partial charge in [0.1, 0.15) is 5.60 Å². The van der Waals surface area contributed by atoms with Crippen molar-refractivity contribution in [3.63, 3.8) is 0 Å². The topological polar surface area (TPSA) is 26.3 Å². The first-order valence-corrected chi connectivity index (χ1v) is 7.51. The number of ketones is 1. The molecule has 2 fully saturated rings. The number of rotatable bonds is 3. The number of hydrogen-bond donors (Lipinski definition) is 0. The Balaban J connectivity index is 2.18. The van der Waals surface area contributed by atoms with Crippen LogP contribution in [0.15, 0.2) is 43.0 Å². The number of carbonyl (C=O) groups excluding carboxylic acids is 1. The van der Waals surface area contributed by atoms with Crippen molar-refractivity contribution < 1.29 is 9.53 Å². The fraction of sp³-hybridized carbons (Fsp3) is 0.500. The Morgan fingerprint density at radius 1 is 1.40 bits per heavy atom. The summed E-state index contributed by atoms with van der Waals surface area (Å²) in [4.78, 5) is 12.8. The van der Waals surface area contributed by atoms with Crippen LogP contribution in [0.4, 0.5) is 0 Å². The van der Waals surface area contributed by atoms with Gasteiger partial charge in [0.25, 0.3) is 0 Å². The average molecular weight is 270 g/mol. The molecule has 2 aliphatic rings. The third-order valence-corrected chi connectivity index (χ3v) is 5.11. The molecule has 20 heavy (non-hydrogen) atoms. The van der Waals surface area contributed by atoms with Crippen LogP contribution in [0.5, 0.6) is 0 Å². The molecule has 1 spiro atoms. The molecule has 0 amide bonds. The SMILES string of the molecule is C=CC[C@]1(c2ccccc2)C[C@@H](C)C(=O)[C@@]12CCCO2. The maximum Gasteiger partial charge on any atom is 0.168 e. The van der Waals surface area contributed by atoms with Gasteiger partial charge in [-0.1, -0.05) is 43.3 Å². The van der Waals surface area contributed by atoms with Crippen LogP contribution < -0.4 is 0 Å². The molecule has 2 nitrogen and oxygen atoms in total. The van der Waals surface area contributed by atoms with E-state index in [1.165, 1.54) is 5.56 Å². The molecule has 0 radical (unpaired) electrons. The lowest BCUT2D eigenvalue weighted by atomic mass is 9.66. The number of ether oxygens (including phenoxy) is 1. The van der Waals surface area contributed by atoms with E-state index in [4.69, 9.17) is 4.74 Å². The number of allylic oxidation sites excluding steroid dienone is 1. The fourth-order valence-corrected chi connectivity index (χ4v) is 4.35. The van der Waals surface area contributed by atoms with Crippen LogP contribution in [0.2, 0.25) is 0 Å². The maximum absolute atomic E-state index is 12.8. The molecule has 3 atom stereocenters. The summed E-state index contributed by atoms with van der Waals surface area (Å²) in [6, 6.07) is 10.4. The van der Waals surface area contributed by atoms with Gasteiger partial charge < -0.3 is 4.74 Å². The van der Waals surface area contributed by atoms with E-state index in [2.05, 4.69) is 30.8 Å². The van der Waals surface area contributed by atoms with Gasteiger partial charge in [0.05, 0.1) is 0 Å². The second-order valence-corrected chi connectivity index (χ2v) is 6.19. The van der Waals surface area contributed by atoms with E-state index in [1.807, 2.05) is 19.1 Å². The third-order valence-electron chi connectivity index (χ3n) is 5.11. The molecule has 1 heterocycles. The molecule has 0 aromatic heterocycles. The summed E-state index contributed by atoms with van der Waals surface area (Å²) < 4.78 is 6.11. The molecule has 2 heteroatoms. The van der Waals surface area contributed by atoms with Gasteiger partial charge in [-0.2, -0.15) is 0 Å². The average Bonchev–Trinajstić information content (AvgIpc) is 3.04. The highest BCUT2D eigenvalue weighted by Gasteiger charge is 2.64. The van der Waals surface area contributed by atoms with Crippen molar-refractivity contribution in [2.75, 3.05) is 6.61 Å². The Hall–Kier alpha value is -1.41. The van der Waals surface area contributed by atoms with Crippen molar-refractivity contribution in [3.8, 4) is 0 Å². The lowest BCUT2D eigenvalue weighted by Crippen LogP contribution is -2.51. The van der Waals surface area contributed by atoms with Crippen LogP contribution in [0.1, 0.15) is 38.2 Å². The zero-order chi connectivity index (χ0) is 14.2. The second-order valence-electron chi connectivity index (χ2n) is 6.19. The molecule has 0 unspecified atom stereocenters. The molecule has 0 N–H and O–H groups in total. The van der Waals surface area contributed by atoms with E-state index >= 15 is 0 Å². The van der Waals surface area contributed by atoms with Gasteiger partial charge in [-0.3, -0.25) is 4.79 Å². The molecule has 1 aliphatic carbocycles. The summed E-state index contributed by atoms with van der Waals surface area (Å²) in [6.45, 7) is 6.67. The monoisotopic (exact) mass is 270 g/mol. The lowest BCUT2D eigenvalue weighted by molar-refractivity contribution is -0.142. The second kappa shape index (κ2) is 4.85. The Morgan fingerprint density at radius 3 is 2.75 bits per heavy atom. The summed E-state index contributed by atoms with van der Waals surface area (Å²) in [7, 11) is 0. The third kappa shape index (κ3) is 1.64. The van der Waals surface area contributed by atoms with Gasteiger partial charge in [-0.25, -0.2) is 0 Å². The fourth-order valence-electron chi connectivity index (χ4n) is 4.35. The summed E-state index contributed by atoms with van der Waals surface area (Å²) in [5.41, 5.74) is 0.366. The molecular formula is C18H22O2. The van der Waals surface area contributed by atoms with Crippen molar-refractivity contribution in [2.45, 2.75) is 43.6 Å². The summed E-state index contributed by atoms with van der Waals surface area (Å²) in [5.74, 6) is 0.356. The molecule has 1 saturated heterocycles. The van der Waals surface area contributed by atoms with Crippen molar-refractivity contribution >= 4 is 5.78 Å². The highest BCUT2D eigenvalue weighted by molar-refractivity contribution is 5.94. The molecule has 1 aromatic rings. The Kier molecular flexibility index (Phi) is 3.29. The molecule has 1 aliphatic heterocycles. The van der Waals surface area contributed by atoms with Gasteiger partial charge in [-0.15, -0.1) is 6.58 Å². The number of hydrogen-bond acceptors (Lipinski definition) is 2. The minimum Gasteiger partial charge on any atom is -0.366 e. The first-order chi connectivity index (χ1) is 9.66. The van der Waals surface area contributed by atoms with Crippen LogP contribution in [-0.4, -0.2) is 18.0 Å². The molecule has 1 saturated carbocycles. The lowest BCUT2D eigenvalue weighted by Gasteiger charge is -2.41. The van der Waals surface area contributed by atoms with Crippen molar-refractivity contribution in [2.24, 2.45) is 5.92 Å². The van der Waals surface area contributed by atoms with E-state index in [0.717, 1.165) is 25.7 Å². The van der Waals surface area contributed by atoms with Crippen LogP contribution >= 0.6 is 0 Å². The summed E-state index contributed by atoms with van der Waals surface area (Å²) in [5, 5.41) is 0. The van der Waals surface area contributed by atoms with Crippen LogP contribution in [0.3, 0.4) is 0 Å². The molecule has 1 aromatic carbocycles. The van der Waals surface area contributed by atoms with Crippen molar-refractivity contribution in [3.05, 3.63) is 48.6 Å². The standard InChI is InChI=1S/C18H22O2/c1-3-10-17(15-8-5-4-6-9-15)13-14(2)16(19)18(17)11-7-12-20-18/h3-6,8-9,14H,1,7,10-13H2,2H3/t14-,17-,18+/m1/s1. The van der Waals surface area contributed by atoms with E-state index in [0.29, 0.717) is 12.4 Å². The predicted molar refractivity (Wildman–Crippen MR) is 79.6 cm³/mol. The van der Waals surface area contributed by atoms with E-state index in [9.17, 15) is 4.79 Å². The van der Waals surface area contributed by atoms with Gasteiger partial charge in [-0.05, 0) is 31.2 Å². The molecule has 106 valence electrons. The number of benzene rings is 1. The summed E-state index contributed by atoms with van der Waals surface area (Å²) in [6.07, 6.45) is 5.43. The highest BCUT2D eigenvalue weighted by atomic mass is 16.5. The molecular weight excluding hydrogens is 248 g/mol. The Labute approximate surface area is 120 Å². The zero-order valence-electron chi connectivity index (χ0n) is 12.1. The van der Waals surface area contributed by atoms with Gasteiger partial charge in [0.15, 0.2) is 5.78 Å². The van der Waals surface area contributed by atoms with Crippen LogP contribution in [-0.2, 0) is 14.9 Å². The van der Waals surface area contributed by atoms with Gasteiger partial charge in [0.2, 0.25) is 0 Å². The van der Waals surface area contributed by atoms with Crippen molar-refractivity contribution in [1.29, 1.82) is 0 Å². The summed E-state index contributed by atoms with van der Waals surface area (Å²) >= 11 is 0. The van der Waals surface area contributed by atoms with Crippen LogP contribution in [0, 0.1) is 5.92 Å². The highest BCUT2D eigenvalue weighted by Crippen LogP contribution is 2.56.